The van der Waals surface area contributed by atoms with Crippen molar-refractivity contribution in [2.45, 2.75) is 26.2 Å². The van der Waals surface area contributed by atoms with Gasteiger partial charge in [0.05, 0.1) is 31.6 Å². The highest BCUT2D eigenvalue weighted by atomic mass is 16.5. The third kappa shape index (κ3) is 2.88. The number of rotatable bonds is 6. The summed E-state index contributed by atoms with van der Waals surface area (Å²) in [6.45, 7) is 4.40. The molecule has 2 rings (SSSR count). The Morgan fingerprint density at radius 3 is 2.43 bits per heavy atom. The molecule has 0 saturated carbocycles. The Hall–Kier alpha value is -2.01. The zero-order valence-electron chi connectivity index (χ0n) is 13.3. The fourth-order valence-electron chi connectivity index (χ4n) is 2.51. The maximum Gasteiger partial charge on any atom is 0.162 e. The molecule has 0 bridgehead atoms. The largest absolute Gasteiger partial charge is 0.493 e. The fraction of sp³-hybridized carbons (Fsp3) is 0.438. The molecule has 2 aromatic rings. The van der Waals surface area contributed by atoms with E-state index >= 15 is 0 Å². The lowest BCUT2D eigenvalue weighted by atomic mass is 9.93. The Bertz CT molecular complexity index is 628. The molecule has 0 fully saturated rings. The molecule has 0 aliphatic heterocycles. The number of nitrogens with zero attached hydrogens (tertiary/aromatic N) is 1. The maximum atomic E-state index is 5.42. The summed E-state index contributed by atoms with van der Waals surface area (Å²) in [5.74, 6) is 1.82. The standard InChI is InChI=1S/C16H23N3O2/c1-6-10(2)16-11-7-14(20-4)15(21-5)8-12(11)18-9-13(16)19-17-3/h7-10,17,19H,6H2,1-5H3. The van der Waals surface area contributed by atoms with E-state index in [2.05, 4.69) is 29.7 Å². The highest BCUT2D eigenvalue weighted by Crippen LogP contribution is 2.38. The number of hydrogen-bond acceptors (Lipinski definition) is 5. The lowest BCUT2D eigenvalue weighted by Crippen LogP contribution is -2.17. The number of pyridine rings is 1. The molecule has 2 N–H and O–H groups in total. The number of fused-ring (bicyclic) bond motifs is 1. The van der Waals surface area contributed by atoms with Gasteiger partial charge in [-0.1, -0.05) is 13.8 Å². The summed E-state index contributed by atoms with van der Waals surface area (Å²) in [5.41, 5.74) is 9.27. The number of aromatic nitrogens is 1. The summed E-state index contributed by atoms with van der Waals surface area (Å²) in [6.07, 6.45) is 2.90. The number of methoxy groups -OCH3 is 2. The van der Waals surface area contributed by atoms with Crippen molar-refractivity contribution in [3.63, 3.8) is 0 Å². The Morgan fingerprint density at radius 1 is 1.19 bits per heavy atom. The predicted molar refractivity (Wildman–Crippen MR) is 86.2 cm³/mol. The highest BCUT2D eigenvalue weighted by Gasteiger charge is 2.17. The minimum atomic E-state index is 0.407. The van der Waals surface area contributed by atoms with Crippen LogP contribution in [0.3, 0.4) is 0 Å². The van der Waals surface area contributed by atoms with Crippen LogP contribution in [0.2, 0.25) is 0 Å². The molecule has 21 heavy (non-hydrogen) atoms. The van der Waals surface area contributed by atoms with Crippen LogP contribution >= 0.6 is 0 Å². The third-order valence-corrected chi connectivity index (χ3v) is 3.78. The van der Waals surface area contributed by atoms with Crippen LogP contribution in [-0.4, -0.2) is 26.3 Å². The van der Waals surface area contributed by atoms with E-state index < -0.39 is 0 Å². The molecule has 0 saturated heterocycles. The van der Waals surface area contributed by atoms with Crippen molar-refractivity contribution >= 4 is 16.6 Å². The summed E-state index contributed by atoms with van der Waals surface area (Å²) in [4.78, 5) is 4.52. The first kappa shape index (κ1) is 15.4. The first-order valence-corrected chi connectivity index (χ1v) is 7.13. The van der Waals surface area contributed by atoms with Gasteiger partial charge in [0.15, 0.2) is 11.5 Å². The van der Waals surface area contributed by atoms with Crippen LogP contribution in [0.15, 0.2) is 18.3 Å². The van der Waals surface area contributed by atoms with E-state index in [4.69, 9.17) is 9.47 Å². The summed E-state index contributed by atoms with van der Waals surface area (Å²) in [7, 11) is 5.13. The van der Waals surface area contributed by atoms with E-state index in [1.807, 2.05) is 25.4 Å². The molecule has 0 amide bonds. The highest BCUT2D eigenvalue weighted by molar-refractivity contribution is 5.90. The molecular formula is C16H23N3O2. The molecule has 1 aromatic heterocycles. The molecule has 0 radical (unpaired) electrons. The van der Waals surface area contributed by atoms with Crippen molar-refractivity contribution in [3.8, 4) is 11.5 Å². The quantitative estimate of drug-likeness (QED) is 0.799. The first-order valence-electron chi connectivity index (χ1n) is 7.13. The van der Waals surface area contributed by atoms with Crippen molar-refractivity contribution in [2.75, 3.05) is 26.7 Å². The second kappa shape index (κ2) is 6.63. The van der Waals surface area contributed by atoms with Crippen LogP contribution in [0.25, 0.3) is 10.9 Å². The minimum absolute atomic E-state index is 0.407. The Balaban J connectivity index is 2.74. The van der Waals surface area contributed by atoms with Gasteiger partial charge >= 0.3 is 0 Å². The van der Waals surface area contributed by atoms with Gasteiger partial charge in [-0.15, -0.1) is 0 Å². The van der Waals surface area contributed by atoms with E-state index in [1.54, 1.807) is 14.2 Å². The normalized spacial score (nSPS) is 12.2. The smallest absolute Gasteiger partial charge is 0.162 e. The van der Waals surface area contributed by atoms with Gasteiger partial charge in [0, 0.05) is 18.5 Å². The lowest BCUT2D eigenvalue weighted by Gasteiger charge is -2.19. The van der Waals surface area contributed by atoms with Crippen LogP contribution < -0.4 is 20.3 Å². The molecule has 0 aliphatic carbocycles. The average Bonchev–Trinajstić information content (AvgIpc) is 2.52. The molecule has 0 aliphatic rings. The molecule has 1 heterocycles. The van der Waals surface area contributed by atoms with Crippen molar-refractivity contribution in [1.82, 2.24) is 10.4 Å². The van der Waals surface area contributed by atoms with Gasteiger partial charge in [-0.2, -0.15) is 0 Å². The first-order chi connectivity index (χ1) is 10.2. The van der Waals surface area contributed by atoms with E-state index in [-0.39, 0.29) is 0 Å². The second-order valence-electron chi connectivity index (χ2n) is 4.99. The van der Waals surface area contributed by atoms with Gasteiger partial charge in [0.1, 0.15) is 0 Å². The zero-order valence-corrected chi connectivity index (χ0v) is 13.3. The SMILES string of the molecule is CCC(C)c1c(NNC)cnc2cc(OC)c(OC)cc12. The van der Waals surface area contributed by atoms with Gasteiger partial charge in [-0.25, -0.2) is 5.43 Å². The lowest BCUT2D eigenvalue weighted by molar-refractivity contribution is 0.355. The van der Waals surface area contributed by atoms with Crippen LogP contribution in [0.1, 0.15) is 31.7 Å². The van der Waals surface area contributed by atoms with E-state index in [0.29, 0.717) is 11.7 Å². The Morgan fingerprint density at radius 2 is 1.86 bits per heavy atom. The van der Waals surface area contributed by atoms with Crippen LogP contribution in [0.4, 0.5) is 5.69 Å². The molecule has 1 atom stereocenters. The predicted octanol–water partition coefficient (Wildman–Crippen LogP) is 3.31. The van der Waals surface area contributed by atoms with Crippen LogP contribution in [-0.2, 0) is 0 Å². The van der Waals surface area contributed by atoms with Crippen molar-refractivity contribution in [1.29, 1.82) is 0 Å². The van der Waals surface area contributed by atoms with Crippen LogP contribution in [0.5, 0.6) is 11.5 Å². The van der Waals surface area contributed by atoms with Gasteiger partial charge in [0.25, 0.3) is 0 Å². The van der Waals surface area contributed by atoms with Gasteiger partial charge < -0.3 is 14.9 Å². The average molecular weight is 289 g/mol. The van der Waals surface area contributed by atoms with Crippen molar-refractivity contribution in [2.24, 2.45) is 0 Å². The number of nitrogens with one attached hydrogen (secondary N) is 2. The topological polar surface area (TPSA) is 55.4 Å². The molecule has 5 heteroatoms. The molecule has 1 aromatic carbocycles. The molecular weight excluding hydrogens is 266 g/mol. The molecule has 1 unspecified atom stereocenters. The number of anilines is 1. The number of ether oxygens (including phenoxy) is 2. The maximum absolute atomic E-state index is 5.42. The van der Waals surface area contributed by atoms with Gasteiger partial charge in [0.2, 0.25) is 0 Å². The number of hydrazine groups is 1. The summed E-state index contributed by atoms with van der Waals surface area (Å²) in [5, 5.41) is 1.09. The van der Waals surface area contributed by atoms with E-state index in [1.165, 1.54) is 5.56 Å². The minimum Gasteiger partial charge on any atom is -0.493 e. The van der Waals surface area contributed by atoms with Crippen molar-refractivity contribution < 1.29 is 9.47 Å². The van der Waals surface area contributed by atoms with Gasteiger partial charge in [-0.3, -0.25) is 4.98 Å². The Labute approximate surface area is 125 Å². The number of benzene rings is 1. The summed E-state index contributed by atoms with van der Waals surface area (Å²) >= 11 is 0. The molecule has 0 spiro atoms. The van der Waals surface area contributed by atoms with E-state index in [0.717, 1.165) is 28.8 Å². The Kier molecular flexibility index (Phi) is 4.85. The van der Waals surface area contributed by atoms with E-state index in [9.17, 15) is 0 Å². The monoisotopic (exact) mass is 289 g/mol. The summed E-state index contributed by atoms with van der Waals surface area (Å²) < 4.78 is 10.8. The second-order valence-corrected chi connectivity index (χ2v) is 4.99. The van der Waals surface area contributed by atoms with Crippen LogP contribution in [0, 0.1) is 0 Å². The molecule has 5 nitrogen and oxygen atoms in total. The summed E-state index contributed by atoms with van der Waals surface area (Å²) in [6, 6.07) is 3.92. The fourth-order valence-corrected chi connectivity index (χ4v) is 2.51. The third-order valence-electron chi connectivity index (χ3n) is 3.78. The number of hydrogen-bond donors (Lipinski definition) is 2. The molecule has 114 valence electrons. The van der Waals surface area contributed by atoms with Gasteiger partial charge in [-0.05, 0) is 24.0 Å². The van der Waals surface area contributed by atoms with Crippen molar-refractivity contribution in [3.05, 3.63) is 23.9 Å². The zero-order chi connectivity index (χ0) is 15.4.